The Kier molecular flexibility index (Phi) is 4.47. The maximum Gasteiger partial charge on any atom is 0.311 e. The molecule has 2 aromatic rings. The van der Waals surface area contributed by atoms with Gasteiger partial charge in [0.15, 0.2) is 5.75 Å². The standard InChI is InChI=1S/C15H18N2O4/c1-10(2)20-15-8-12(5-7-14(15)17(18)19)16-9-13-6-4-11(3)21-13/h4-8,10,16H,9H2,1-3H3. The van der Waals surface area contributed by atoms with E-state index in [1.807, 2.05) is 32.9 Å². The molecule has 0 aliphatic heterocycles. The normalized spacial score (nSPS) is 10.7. The summed E-state index contributed by atoms with van der Waals surface area (Å²) in [5, 5.41) is 14.1. The molecule has 112 valence electrons. The van der Waals surface area contributed by atoms with Crippen LogP contribution in [0.4, 0.5) is 11.4 Å². The van der Waals surface area contributed by atoms with Gasteiger partial charge in [-0.25, -0.2) is 0 Å². The Hall–Kier alpha value is -2.50. The van der Waals surface area contributed by atoms with Crippen molar-refractivity contribution in [1.82, 2.24) is 0 Å². The number of aryl methyl sites for hydroxylation is 1. The van der Waals surface area contributed by atoms with Gasteiger partial charge in [-0.2, -0.15) is 0 Å². The van der Waals surface area contributed by atoms with Crippen LogP contribution in [0.25, 0.3) is 0 Å². The molecular weight excluding hydrogens is 272 g/mol. The van der Waals surface area contributed by atoms with Crippen LogP contribution in [0.5, 0.6) is 5.75 Å². The highest BCUT2D eigenvalue weighted by Crippen LogP contribution is 2.31. The first kappa shape index (κ1) is 14.9. The van der Waals surface area contributed by atoms with E-state index in [-0.39, 0.29) is 17.5 Å². The third kappa shape index (κ3) is 3.98. The van der Waals surface area contributed by atoms with Gasteiger partial charge >= 0.3 is 5.69 Å². The number of nitro groups is 1. The van der Waals surface area contributed by atoms with Gasteiger partial charge in [-0.05, 0) is 39.0 Å². The van der Waals surface area contributed by atoms with Crippen molar-refractivity contribution < 1.29 is 14.1 Å². The van der Waals surface area contributed by atoms with Gasteiger partial charge < -0.3 is 14.5 Å². The maximum atomic E-state index is 11.0. The Morgan fingerprint density at radius 2 is 2.10 bits per heavy atom. The first-order valence-corrected chi connectivity index (χ1v) is 6.70. The van der Waals surface area contributed by atoms with Crippen LogP contribution >= 0.6 is 0 Å². The van der Waals surface area contributed by atoms with Crippen molar-refractivity contribution in [3.8, 4) is 5.75 Å². The minimum absolute atomic E-state index is 0.0388. The van der Waals surface area contributed by atoms with Gasteiger partial charge in [-0.3, -0.25) is 10.1 Å². The van der Waals surface area contributed by atoms with Crippen LogP contribution in [0.2, 0.25) is 0 Å². The number of rotatable bonds is 6. The second-order valence-corrected chi connectivity index (χ2v) is 4.97. The molecule has 6 nitrogen and oxygen atoms in total. The summed E-state index contributed by atoms with van der Waals surface area (Å²) in [6, 6.07) is 8.50. The number of nitrogens with one attached hydrogen (secondary N) is 1. The average Bonchev–Trinajstić information content (AvgIpc) is 2.81. The van der Waals surface area contributed by atoms with E-state index >= 15 is 0 Å². The van der Waals surface area contributed by atoms with Gasteiger partial charge in [0.1, 0.15) is 11.5 Å². The number of furan rings is 1. The average molecular weight is 290 g/mol. The molecule has 1 aromatic carbocycles. The minimum atomic E-state index is -0.447. The van der Waals surface area contributed by atoms with Crippen molar-refractivity contribution in [2.24, 2.45) is 0 Å². The molecule has 6 heteroatoms. The summed E-state index contributed by atoms with van der Waals surface area (Å²) < 4.78 is 11.0. The molecule has 0 atom stereocenters. The topological polar surface area (TPSA) is 77.5 Å². The predicted octanol–water partition coefficient (Wildman–Crippen LogP) is 3.90. The molecule has 1 aromatic heterocycles. The summed E-state index contributed by atoms with van der Waals surface area (Å²) in [7, 11) is 0. The van der Waals surface area contributed by atoms with Crippen molar-refractivity contribution in [1.29, 1.82) is 0 Å². The fraction of sp³-hybridized carbons (Fsp3) is 0.333. The zero-order valence-corrected chi connectivity index (χ0v) is 12.3. The molecule has 0 amide bonds. The van der Waals surface area contributed by atoms with Gasteiger partial charge in [0.2, 0.25) is 0 Å². The molecule has 0 saturated heterocycles. The van der Waals surface area contributed by atoms with Gasteiger partial charge in [0.05, 0.1) is 17.6 Å². The van der Waals surface area contributed by atoms with E-state index in [1.54, 1.807) is 12.1 Å². The zero-order chi connectivity index (χ0) is 15.4. The molecule has 0 spiro atoms. The van der Waals surface area contributed by atoms with Crippen LogP contribution < -0.4 is 10.1 Å². The predicted molar refractivity (Wildman–Crippen MR) is 79.6 cm³/mol. The number of ether oxygens (including phenoxy) is 1. The smallest absolute Gasteiger partial charge is 0.311 e. The molecule has 0 aliphatic rings. The van der Waals surface area contributed by atoms with E-state index in [4.69, 9.17) is 9.15 Å². The lowest BCUT2D eigenvalue weighted by atomic mass is 10.2. The molecule has 1 N–H and O–H groups in total. The molecule has 1 heterocycles. The largest absolute Gasteiger partial charge is 0.484 e. The van der Waals surface area contributed by atoms with Crippen molar-refractivity contribution in [3.05, 3.63) is 52.0 Å². The van der Waals surface area contributed by atoms with E-state index in [0.717, 1.165) is 17.2 Å². The third-order valence-corrected chi connectivity index (χ3v) is 2.78. The fourth-order valence-corrected chi connectivity index (χ4v) is 1.89. The van der Waals surface area contributed by atoms with E-state index in [1.165, 1.54) is 6.07 Å². The monoisotopic (exact) mass is 290 g/mol. The lowest BCUT2D eigenvalue weighted by molar-refractivity contribution is -0.386. The number of hydrogen-bond donors (Lipinski definition) is 1. The zero-order valence-electron chi connectivity index (χ0n) is 12.3. The molecular formula is C15H18N2O4. The van der Waals surface area contributed by atoms with Crippen LogP contribution in [-0.4, -0.2) is 11.0 Å². The lowest BCUT2D eigenvalue weighted by Gasteiger charge is -2.12. The van der Waals surface area contributed by atoms with Crippen LogP contribution in [-0.2, 0) is 6.54 Å². The fourth-order valence-electron chi connectivity index (χ4n) is 1.89. The van der Waals surface area contributed by atoms with Gasteiger partial charge in [-0.15, -0.1) is 0 Å². The number of anilines is 1. The van der Waals surface area contributed by atoms with Crippen LogP contribution in [0.3, 0.4) is 0 Å². The van der Waals surface area contributed by atoms with Crippen molar-refractivity contribution in [2.75, 3.05) is 5.32 Å². The second-order valence-electron chi connectivity index (χ2n) is 4.97. The Balaban J connectivity index is 2.14. The Bertz CT molecular complexity index is 634. The number of nitro benzene ring substituents is 1. The molecule has 21 heavy (non-hydrogen) atoms. The highest BCUT2D eigenvalue weighted by molar-refractivity contribution is 5.58. The molecule has 0 aliphatic carbocycles. The van der Waals surface area contributed by atoms with Crippen molar-refractivity contribution >= 4 is 11.4 Å². The summed E-state index contributed by atoms with van der Waals surface area (Å²) in [5.41, 5.74) is 0.702. The maximum absolute atomic E-state index is 11.0. The summed E-state index contributed by atoms with van der Waals surface area (Å²) in [5.74, 6) is 1.91. The van der Waals surface area contributed by atoms with Crippen molar-refractivity contribution in [3.63, 3.8) is 0 Å². The summed E-state index contributed by atoms with van der Waals surface area (Å²) >= 11 is 0. The quantitative estimate of drug-likeness (QED) is 0.645. The number of hydrogen-bond acceptors (Lipinski definition) is 5. The van der Waals surface area contributed by atoms with Crippen LogP contribution in [0, 0.1) is 17.0 Å². The molecule has 0 fully saturated rings. The van der Waals surface area contributed by atoms with Crippen LogP contribution in [0.1, 0.15) is 25.4 Å². The first-order valence-electron chi connectivity index (χ1n) is 6.70. The third-order valence-electron chi connectivity index (χ3n) is 2.78. The summed E-state index contributed by atoms with van der Waals surface area (Å²) in [6.07, 6.45) is -0.133. The van der Waals surface area contributed by atoms with Crippen LogP contribution in [0.15, 0.2) is 34.7 Å². The number of benzene rings is 1. The van der Waals surface area contributed by atoms with Gasteiger partial charge in [-0.1, -0.05) is 0 Å². The first-order chi connectivity index (χ1) is 9.95. The number of nitrogens with zero attached hydrogens (tertiary/aromatic N) is 1. The Labute approximate surface area is 122 Å². The van der Waals surface area contributed by atoms with E-state index in [9.17, 15) is 10.1 Å². The summed E-state index contributed by atoms with van der Waals surface area (Å²) in [6.45, 7) is 6.04. The highest BCUT2D eigenvalue weighted by Gasteiger charge is 2.16. The molecule has 0 unspecified atom stereocenters. The molecule has 2 rings (SSSR count). The Morgan fingerprint density at radius 3 is 2.67 bits per heavy atom. The summed E-state index contributed by atoms with van der Waals surface area (Å²) in [4.78, 5) is 10.5. The van der Waals surface area contributed by atoms with E-state index in [2.05, 4.69) is 5.32 Å². The highest BCUT2D eigenvalue weighted by atomic mass is 16.6. The van der Waals surface area contributed by atoms with Gasteiger partial charge in [0.25, 0.3) is 0 Å². The van der Waals surface area contributed by atoms with Crippen molar-refractivity contribution in [2.45, 2.75) is 33.4 Å². The SMILES string of the molecule is Cc1ccc(CNc2ccc([N+](=O)[O-])c(OC(C)C)c2)o1. The second kappa shape index (κ2) is 6.30. The van der Waals surface area contributed by atoms with E-state index < -0.39 is 4.92 Å². The molecule has 0 saturated carbocycles. The van der Waals surface area contributed by atoms with E-state index in [0.29, 0.717) is 6.54 Å². The van der Waals surface area contributed by atoms with Gasteiger partial charge in [0, 0.05) is 17.8 Å². The molecule has 0 radical (unpaired) electrons. The lowest BCUT2D eigenvalue weighted by Crippen LogP contribution is -2.08. The molecule has 0 bridgehead atoms. The Morgan fingerprint density at radius 1 is 1.33 bits per heavy atom. The minimum Gasteiger partial charge on any atom is -0.484 e.